The second-order valence-electron chi connectivity index (χ2n) is 5.99. The fourth-order valence-electron chi connectivity index (χ4n) is 2.33. The van der Waals surface area contributed by atoms with E-state index in [1.807, 2.05) is 37.3 Å². The van der Waals surface area contributed by atoms with Crippen LogP contribution in [-0.4, -0.2) is 30.0 Å². The highest BCUT2D eigenvalue weighted by Gasteiger charge is 2.19. The van der Waals surface area contributed by atoms with Gasteiger partial charge in [0.1, 0.15) is 5.56 Å². The van der Waals surface area contributed by atoms with Crippen molar-refractivity contribution in [3.8, 4) is 0 Å². The van der Waals surface area contributed by atoms with Gasteiger partial charge in [0.05, 0.1) is 6.54 Å². The first kappa shape index (κ1) is 18.4. The molecule has 2 amide bonds. The molecule has 0 spiro atoms. The van der Waals surface area contributed by atoms with Crippen molar-refractivity contribution in [2.75, 3.05) is 7.05 Å². The molecule has 3 rings (SSSR count). The summed E-state index contributed by atoms with van der Waals surface area (Å²) in [6.45, 7) is 2.33. The van der Waals surface area contributed by atoms with Gasteiger partial charge >= 0.3 is 0 Å². The van der Waals surface area contributed by atoms with Crippen LogP contribution < -0.4 is 16.2 Å². The minimum atomic E-state index is -0.351. The summed E-state index contributed by atoms with van der Waals surface area (Å²) < 4.78 is 1.56. The van der Waals surface area contributed by atoms with E-state index in [1.54, 1.807) is 16.8 Å². The number of nitrogens with one attached hydrogen (secondary N) is 2. The number of benzene rings is 1. The van der Waals surface area contributed by atoms with Crippen LogP contribution in [0.4, 0.5) is 0 Å². The predicted molar refractivity (Wildman–Crippen MR) is 96.6 cm³/mol. The lowest BCUT2D eigenvalue weighted by molar-refractivity contribution is -0.109. The van der Waals surface area contributed by atoms with Gasteiger partial charge in [-0.3, -0.25) is 14.4 Å². The fourth-order valence-corrected chi connectivity index (χ4v) is 2.33. The van der Waals surface area contributed by atoms with E-state index in [0.29, 0.717) is 12.6 Å². The average Bonchev–Trinajstić information content (AvgIpc) is 3.43. The van der Waals surface area contributed by atoms with Gasteiger partial charge in [-0.05, 0) is 37.0 Å². The monoisotopic (exact) mass is 341 g/mol. The number of pyridine rings is 1. The number of hydrogen-bond donors (Lipinski definition) is 2. The van der Waals surface area contributed by atoms with E-state index in [9.17, 15) is 14.4 Å². The van der Waals surface area contributed by atoms with Crippen LogP contribution in [0.3, 0.4) is 0 Å². The van der Waals surface area contributed by atoms with Gasteiger partial charge in [0.15, 0.2) is 0 Å². The molecule has 1 aliphatic rings. The van der Waals surface area contributed by atoms with Gasteiger partial charge < -0.3 is 15.2 Å². The van der Waals surface area contributed by atoms with Crippen LogP contribution in [0.15, 0.2) is 47.4 Å². The molecule has 1 saturated carbocycles. The maximum atomic E-state index is 12.2. The standard InChI is InChI=1S/C15H16N2O2.C4H7NO/c1-11-8-13(14(18)16-2)15(19)17(9-11)10-12-6-4-3-5-7-12;6-3-5-4-1-2-4/h3-9H,10H2,1-2H3,(H,16,18);3-4H,1-2H2,(H,5,6). The zero-order valence-corrected chi connectivity index (χ0v) is 14.5. The lowest BCUT2D eigenvalue weighted by atomic mass is 10.1. The molecule has 6 nitrogen and oxygen atoms in total. The van der Waals surface area contributed by atoms with Crippen molar-refractivity contribution in [2.24, 2.45) is 0 Å². The number of aromatic nitrogens is 1. The molecule has 0 unspecified atom stereocenters. The van der Waals surface area contributed by atoms with E-state index in [2.05, 4.69) is 10.6 Å². The Morgan fingerprint density at radius 2 is 1.96 bits per heavy atom. The summed E-state index contributed by atoms with van der Waals surface area (Å²) in [4.78, 5) is 33.4. The smallest absolute Gasteiger partial charge is 0.263 e. The molecule has 1 aromatic carbocycles. The largest absolute Gasteiger partial charge is 0.356 e. The average molecular weight is 341 g/mol. The van der Waals surface area contributed by atoms with Crippen molar-refractivity contribution in [1.29, 1.82) is 0 Å². The molecule has 1 heterocycles. The van der Waals surface area contributed by atoms with Crippen LogP contribution in [0.25, 0.3) is 0 Å². The molecular weight excluding hydrogens is 318 g/mol. The number of amides is 2. The van der Waals surface area contributed by atoms with Crippen molar-refractivity contribution in [3.63, 3.8) is 0 Å². The lowest BCUT2D eigenvalue weighted by Gasteiger charge is -2.09. The zero-order chi connectivity index (χ0) is 18.2. The zero-order valence-electron chi connectivity index (χ0n) is 14.5. The van der Waals surface area contributed by atoms with Gasteiger partial charge in [-0.25, -0.2) is 0 Å². The molecule has 2 aromatic rings. The molecule has 2 N–H and O–H groups in total. The Morgan fingerprint density at radius 3 is 2.48 bits per heavy atom. The highest BCUT2D eigenvalue weighted by atomic mass is 16.2. The van der Waals surface area contributed by atoms with E-state index in [4.69, 9.17) is 0 Å². The maximum Gasteiger partial charge on any atom is 0.263 e. The van der Waals surface area contributed by atoms with Crippen molar-refractivity contribution in [1.82, 2.24) is 15.2 Å². The van der Waals surface area contributed by atoms with E-state index in [-0.39, 0.29) is 17.0 Å². The number of nitrogens with zero attached hydrogens (tertiary/aromatic N) is 1. The quantitative estimate of drug-likeness (QED) is 0.808. The summed E-state index contributed by atoms with van der Waals surface area (Å²) in [5, 5.41) is 5.13. The first-order valence-corrected chi connectivity index (χ1v) is 8.22. The van der Waals surface area contributed by atoms with Crippen LogP contribution in [0.2, 0.25) is 0 Å². The van der Waals surface area contributed by atoms with Crippen molar-refractivity contribution < 1.29 is 9.59 Å². The van der Waals surface area contributed by atoms with Crippen LogP contribution >= 0.6 is 0 Å². The molecule has 0 aliphatic heterocycles. The van der Waals surface area contributed by atoms with Crippen LogP contribution in [-0.2, 0) is 11.3 Å². The third-order valence-electron chi connectivity index (χ3n) is 3.77. The van der Waals surface area contributed by atoms with Gasteiger partial charge in [0.25, 0.3) is 11.5 Å². The molecule has 1 aliphatic carbocycles. The summed E-state index contributed by atoms with van der Waals surface area (Å²) in [7, 11) is 1.52. The molecule has 1 fully saturated rings. The fraction of sp³-hybridized carbons (Fsp3) is 0.316. The van der Waals surface area contributed by atoms with E-state index < -0.39 is 0 Å². The second kappa shape index (κ2) is 8.82. The molecule has 0 saturated heterocycles. The molecule has 6 heteroatoms. The lowest BCUT2D eigenvalue weighted by Crippen LogP contribution is -2.31. The van der Waals surface area contributed by atoms with Crippen LogP contribution in [0.5, 0.6) is 0 Å². The van der Waals surface area contributed by atoms with E-state index in [1.165, 1.54) is 19.9 Å². The Kier molecular flexibility index (Phi) is 6.51. The summed E-state index contributed by atoms with van der Waals surface area (Å²) in [5.41, 5.74) is 1.82. The third kappa shape index (κ3) is 5.60. The Bertz CT molecular complexity index is 780. The van der Waals surface area contributed by atoms with Gasteiger partial charge in [0.2, 0.25) is 6.41 Å². The number of rotatable bonds is 5. The van der Waals surface area contributed by atoms with Crippen molar-refractivity contribution in [3.05, 3.63) is 69.6 Å². The van der Waals surface area contributed by atoms with Gasteiger partial charge in [-0.1, -0.05) is 30.3 Å². The van der Waals surface area contributed by atoms with E-state index in [0.717, 1.165) is 17.5 Å². The molecule has 0 bridgehead atoms. The Labute approximate surface area is 146 Å². The molecule has 25 heavy (non-hydrogen) atoms. The third-order valence-corrected chi connectivity index (χ3v) is 3.77. The minimum Gasteiger partial charge on any atom is -0.356 e. The summed E-state index contributed by atoms with van der Waals surface area (Å²) in [6.07, 6.45) is 4.89. The number of carbonyl (C=O) groups is 2. The predicted octanol–water partition coefficient (Wildman–Crippen LogP) is 1.46. The minimum absolute atomic E-state index is 0.179. The maximum absolute atomic E-state index is 12.2. The number of aryl methyl sites for hydroxylation is 1. The summed E-state index contributed by atoms with van der Waals surface area (Å²) in [5.74, 6) is -0.351. The molecule has 0 radical (unpaired) electrons. The van der Waals surface area contributed by atoms with Gasteiger partial charge in [-0.2, -0.15) is 0 Å². The first-order valence-electron chi connectivity index (χ1n) is 8.22. The molecule has 0 atom stereocenters. The summed E-state index contributed by atoms with van der Waals surface area (Å²) >= 11 is 0. The topological polar surface area (TPSA) is 80.2 Å². The van der Waals surface area contributed by atoms with Gasteiger partial charge in [-0.15, -0.1) is 0 Å². The first-order chi connectivity index (χ1) is 12.0. The number of hydrogen-bond acceptors (Lipinski definition) is 3. The molecule has 1 aromatic heterocycles. The van der Waals surface area contributed by atoms with Gasteiger partial charge in [0, 0.05) is 19.3 Å². The molecular formula is C19H23N3O3. The SMILES string of the molecule is CNC(=O)c1cc(C)cn(Cc2ccccc2)c1=O.O=CNC1CC1. The molecule has 132 valence electrons. The Hall–Kier alpha value is -2.89. The Balaban J connectivity index is 0.000000316. The highest BCUT2D eigenvalue weighted by molar-refractivity contribution is 5.93. The van der Waals surface area contributed by atoms with Crippen LogP contribution in [0, 0.1) is 6.92 Å². The normalized spacial score (nSPS) is 12.6. The second-order valence-corrected chi connectivity index (χ2v) is 5.99. The van der Waals surface area contributed by atoms with Crippen molar-refractivity contribution >= 4 is 12.3 Å². The number of carbonyl (C=O) groups excluding carboxylic acids is 2. The summed E-state index contributed by atoms with van der Waals surface area (Å²) in [6, 6.07) is 11.8. The highest BCUT2D eigenvalue weighted by Crippen LogP contribution is 2.17. The van der Waals surface area contributed by atoms with E-state index >= 15 is 0 Å². The Morgan fingerprint density at radius 1 is 1.28 bits per heavy atom. The van der Waals surface area contributed by atoms with Crippen LogP contribution in [0.1, 0.15) is 34.3 Å². The van der Waals surface area contributed by atoms with Crippen molar-refractivity contribution in [2.45, 2.75) is 32.4 Å².